The molecule has 198 valence electrons. The number of amides is 3. The summed E-state index contributed by atoms with van der Waals surface area (Å²) in [5.41, 5.74) is 5.29. The summed E-state index contributed by atoms with van der Waals surface area (Å²) in [4.78, 5) is 31.7. The molecule has 5 rings (SSSR count). The van der Waals surface area contributed by atoms with Crippen molar-refractivity contribution in [1.82, 2.24) is 9.80 Å². The molecule has 2 aliphatic heterocycles. The van der Waals surface area contributed by atoms with Crippen LogP contribution in [0.3, 0.4) is 0 Å². The van der Waals surface area contributed by atoms with Gasteiger partial charge >= 0.3 is 6.03 Å². The van der Waals surface area contributed by atoms with Crippen LogP contribution in [0, 0.1) is 5.92 Å². The first-order chi connectivity index (χ1) is 18.3. The summed E-state index contributed by atoms with van der Waals surface area (Å²) in [5.74, 6) is 0.770. The fourth-order valence-corrected chi connectivity index (χ4v) is 5.82. The first kappa shape index (κ1) is 25.6. The fraction of sp³-hybridized carbons (Fsp3) is 0.333. The molecule has 0 aromatic heterocycles. The summed E-state index contributed by atoms with van der Waals surface area (Å²) < 4.78 is 5.23. The van der Waals surface area contributed by atoms with Crippen molar-refractivity contribution >= 4 is 23.3 Å². The first-order valence-electron chi connectivity index (χ1n) is 12.8. The van der Waals surface area contributed by atoms with Gasteiger partial charge < -0.3 is 29.9 Å². The molecule has 1 saturated heterocycles. The van der Waals surface area contributed by atoms with E-state index in [0.717, 1.165) is 34.5 Å². The van der Waals surface area contributed by atoms with Crippen molar-refractivity contribution < 1.29 is 19.4 Å². The molecule has 1 fully saturated rings. The number of aliphatic hydroxyl groups is 1. The van der Waals surface area contributed by atoms with E-state index in [-0.39, 0.29) is 36.5 Å². The van der Waals surface area contributed by atoms with Crippen LogP contribution in [0.4, 0.5) is 16.2 Å². The number of hydrogen-bond acceptors (Lipinski definition) is 5. The summed E-state index contributed by atoms with van der Waals surface area (Å²) in [6, 6.07) is 20.7. The highest BCUT2D eigenvalue weighted by atomic mass is 16.5. The molecular weight excluding hydrogens is 480 g/mol. The predicted molar refractivity (Wildman–Crippen MR) is 149 cm³/mol. The van der Waals surface area contributed by atoms with Crippen molar-refractivity contribution in [3.63, 3.8) is 0 Å². The molecule has 3 aromatic rings. The molecule has 0 radical (unpaired) electrons. The summed E-state index contributed by atoms with van der Waals surface area (Å²) in [5, 5.41) is 13.3. The zero-order chi connectivity index (χ0) is 27.0. The topological polar surface area (TPSA) is 85.4 Å². The van der Waals surface area contributed by atoms with Crippen LogP contribution in [0.1, 0.15) is 28.4 Å². The number of rotatable bonds is 5. The van der Waals surface area contributed by atoms with Gasteiger partial charge in [-0.2, -0.15) is 0 Å². The van der Waals surface area contributed by atoms with Crippen LogP contribution in [0.15, 0.2) is 66.7 Å². The van der Waals surface area contributed by atoms with Crippen LogP contribution >= 0.6 is 0 Å². The van der Waals surface area contributed by atoms with Crippen molar-refractivity contribution in [2.24, 2.45) is 5.92 Å². The van der Waals surface area contributed by atoms with Crippen LogP contribution in [0.25, 0.3) is 11.1 Å². The number of aliphatic hydroxyl groups excluding tert-OH is 1. The van der Waals surface area contributed by atoms with Crippen LogP contribution in [-0.4, -0.2) is 74.3 Å². The predicted octanol–water partition coefficient (Wildman–Crippen LogP) is 4.47. The van der Waals surface area contributed by atoms with E-state index >= 15 is 0 Å². The third-order valence-corrected chi connectivity index (χ3v) is 7.80. The van der Waals surface area contributed by atoms with E-state index in [4.69, 9.17) is 4.74 Å². The first-order valence-corrected chi connectivity index (χ1v) is 12.8. The number of carbonyl (C=O) groups excluding carboxylic acids is 2. The second kappa shape index (κ2) is 10.4. The van der Waals surface area contributed by atoms with Gasteiger partial charge in [0.15, 0.2) is 0 Å². The SMILES string of the molecule is COc1ccc(NC(=O)N2CC[C@@H]3[C@H]2c2cc(-c4cccc(C(=O)N(C)C)c4)ccc2N(C)[C@H]3CO)cc1. The number of urea groups is 1. The van der Waals surface area contributed by atoms with E-state index in [1.165, 1.54) is 0 Å². The summed E-state index contributed by atoms with van der Waals surface area (Å²) in [6.07, 6.45) is 0.798. The maximum Gasteiger partial charge on any atom is 0.322 e. The number of nitrogens with one attached hydrogen (secondary N) is 1. The lowest BCUT2D eigenvalue weighted by atomic mass is 9.81. The standard InChI is InChI=1S/C30H34N4O4/c1-32(2)29(36)21-7-5-6-19(16-21)20-8-13-26-25(17-20)28-24(27(18-35)33(26)3)14-15-34(28)30(37)31-22-9-11-23(38-4)12-10-22/h5-13,16-17,24,27-28,35H,14-15,18H2,1-4H3,(H,31,37)/t24-,27-,28-/m0/s1. The van der Waals surface area contributed by atoms with Crippen LogP contribution in [-0.2, 0) is 0 Å². The molecule has 0 aliphatic carbocycles. The monoisotopic (exact) mass is 514 g/mol. The molecular formula is C30H34N4O4. The Balaban J connectivity index is 1.51. The van der Waals surface area contributed by atoms with Crippen molar-refractivity contribution in [3.8, 4) is 16.9 Å². The zero-order valence-electron chi connectivity index (χ0n) is 22.2. The van der Waals surface area contributed by atoms with Crippen LogP contribution < -0.4 is 15.0 Å². The van der Waals surface area contributed by atoms with Crippen molar-refractivity contribution in [3.05, 3.63) is 77.9 Å². The molecule has 38 heavy (non-hydrogen) atoms. The fourth-order valence-electron chi connectivity index (χ4n) is 5.82. The van der Waals surface area contributed by atoms with Gasteiger partial charge in [0.25, 0.3) is 5.91 Å². The Kier molecular flexibility index (Phi) is 6.99. The van der Waals surface area contributed by atoms with Gasteiger partial charge in [-0.05, 0) is 71.6 Å². The smallest absolute Gasteiger partial charge is 0.322 e. The summed E-state index contributed by atoms with van der Waals surface area (Å²) >= 11 is 0. The Bertz CT molecular complexity index is 1340. The summed E-state index contributed by atoms with van der Waals surface area (Å²) in [7, 11) is 7.10. The highest BCUT2D eigenvalue weighted by Gasteiger charge is 2.47. The lowest BCUT2D eigenvalue weighted by Gasteiger charge is -2.44. The largest absolute Gasteiger partial charge is 0.497 e. The van der Waals surface area contributed by atoms with E-state index in [0.29, 0.717) is 17.8 Å². The minimum Gasteiger partial charge on any atom is -0.497 e. The third-order valence-electron chi connectivity index (χ3n) is 7.80. The Labute approximate surface area is 223 Å². The van der Waals surface area contributed by atoms with Gasteiger partial charge in [0.2, 0.25) is 0 Å². The Morgan fingerprint density at radius 3 is 2.47 bits per heavy atom. The maximum absolute atomic E-state index is 13.5. The lowest BCUT2D eigenvalue weighted by molar-refractivity contribution is 0.0827. The van der Waals surface area contributed by atoms with E-state index < -0.39 is 0 Å². The molecule has 3 aromatic carbocycles. The average Bonchev–Trinajstić information content (AvgIpc) is 3.38. The van der Waals surface area contributed by atoms with Gasteiger partial charge in [-0.1, -0.05) is 18.2 Å². The average molecular weight is 515 g/mol. The number of anilines is 2. The number of carbonyl (C=O) groups is 2. The molecule has 0 unspecified atom stereocenters. The van der Waals surface area contributed by atoms with Gasteiger partial charge in [-0.3, -0.25) is 4.79 Å². The van der Waals surface area contributed by atoms with Crippen molar-refractivity contribution in [1.29, 1.82) is 0 Å². The Morgan fingerprint density at radius 2 is 1.79 bits per heavy atom. The molecule has 0 spiro atoms. The van der Waals surface area contributed by atoms with Gasteiger partial charge in [-0.25, -0.2) is 4.79 Å². The van der Waals surface area contributed by atoms with Crippen molar-refractivity contribution in [2.75, 3.05) is 51.6 Å². The number of benzene rings is 3. The second-order valence-electron chi connectivity index (χ2n) is 10.2. The minimum absolute atomic E-state index is 0.0154. The van der Waals surface area contributed by atoms with E-state index in [1.807, 2.05) is 66.5 Å². The Morgan fingerprint density at radius 1 is 1.05 bits per heavy atom. The normalized spacial score (nSPS) is 20.0. The van der Waals surface area contributed by atoms with E-state index in [2.05, 4.69) is 22.3 Å². The molecule has 2 N–H and O–H groups in total. The van der Waals surface area contributed by atoms with Gasteiger partial charge in [0.05, 0.1) is 25.8 Å². The van der Waals surface area contributed by atoms with Gasteiger partial charge in [0, 0.05) is 50.5 Å². The number of likely N-dealkylation sites (tertiary alicyclic amines) is 1. The highest BCUT2D eigenvalue weighted by Crippen LogP contribution is 2.49. The maximum atomic E-state index is 13.5. The molecule has 8 nitrogen and oxygen atoms in total. The molecule has 8 heteroatoms. The second-order valence-corrected chi connectivity index (χ2v) is 10.2. The number of methoxy groups -OCH3 is 1. The number of hydrogen-bond donors (Lipinski definition) is 2. The lowest BCUT2D eigenvalue weighted by Crippen LogP contribution is -2.48. The van der Waals surface area contributed by atoms with E-state index in [1.54, 1.807) is 26.1 Å². The van der Waals surface area contributed by atoms with Gasteiger partial charge in [0.1, 0.15) is 5.75 Å². The molecule has 3 atom stereocenters. The zero-order valence-corrected chi connectivity index (χ0v) is 22.2. The number of ether oxygens (including phenoxy) is 1. The number of fused-ring (bicyclic) bond motifs is 3. The number of likely N-dealkylation sites (N-methyl/N-ethyl adjacent to an activating group) is 1. The highest BCUT2D eigenvalue weighted by molar-refractivity contribution is 5.95. The van der Waals surface area contributed by atoms with Crippen LogP contribution in [0.5, 0.6) is 5.75 Å². The molecule has 0 saturated carbocycles. The molecule has 3 amide bonds. The molecule has 2 aliphatic rings. The molecule has 0 bridgehead atoms. The Hall–Kier alpha value is -4.04. The third kappa shape index (κ3) is 4.56. The van der Waals surface area contributed by atoms with Crippen molar-refractivity contribution in [2.45, 2.75) is 18.5 Å². The van der Waals surface area contributed by atoms with Crippen LogP contribution in [0.2, 0.25) is 0 Å². The molecule has 2 heterocycles. The quantitative estimate of drug-likeness (QED) is 0.525. The van der Waals surface area contributed by atoms with E-state index in [9.17, 15) is 14.7 Å². The van der Waals surface area contributed by atoms with Gasteiger partial charge in [-0.15, -0.1) is 0 Å². The minimum atomic E-state index is -0.178. The summed E-state index contributed by atoms with van der Waals surface area (Å²) in [6.45, 7) is 0.611. The number of nitrogens with zero attached hydrogens (tertiary/aromatic N) is 3.